The monoisotopic (exact) mass is 300 g/mol. The van der Waals surface area contributed by atoms with Crippen molar-refractivity contribution in [3.63, 3.8) is 0 Å². The minimum Gasteiger partial charge on any atom is -0.480 e. The fourth-order valence-electron chi connectivity index (χ4n) is 2.91. The highest BCUT2D eigenvalue weighted by atomic mass is 19.1. The lowest BCUT2D eigenvalue weighted by molar-refractivity contribution is 0.0731. The summed E-state index contributed by atoms with van der Waals surface area (Å²) in [4.78, 5) is 18.7. The Balaban J connectivity index is 1.89. The maximum Gasteiger partial charge on any atom is 0.259 e. The van der Waals surface area contributed by atoms with Gasteiger partial charge in [0.05, 0.1) is 13.2 Å². The Bertz CT molecular complexity index is 673. The number of amides is 1. The molecule has 3 rings (SSSR count). The number of nitrogens with zero attached hydrogens (tertiary/aromatic N) is 2. The molecule has 1 aromatic carbocycles. The average molecular weight is 300 g/mol. The van der Waals surface area contributed by atoms with Crippen LogP contribution in [-0.4, -0.2) is 29.4 Å². The number of carbonyl (C=O) groups excluding carboxylic acids is 1. The lowest BCUT2D eigenvalue weighted by Gasteiger charge is -2.25. The van der Waals surface area contributed by atoms with Gasteiger partial charge in [-0.15, -0.1) is 0 Å². The van der Waals surface area contributed by atoms with Gasteiger partial charge in [-0.2, -0.15) is 0 Å². The van der Waals surface area contributed by atoms with Crippen molar-refractivity contribution in [3.05, 3.63) is 59.5 Å². The summed E-state index contributed by atoms with van der Waals surface area (Å²) in [6, 6.07) is 9.76. The molecule has 1 atom stereocenters. The molecule has 1 aliphatic rings. The van der Waals surface area contributed by atoms with Crippen LogP contribution >= 0.6 is 0 Å². The first-order valence-electron chi connectivity index (χ1n) is 7.26. The van der Waals surface area contributed by atoms with E-state index in [0.717, 1.165) is 18.4 Å². The normalized spacial score (nSPS) is 17.5. The van der Waals surface area contributed by atoms with Crippen molar-refractivity contribution in [2.24, 2.45) is 0 Å². The predicted octanol–water partition coefficient (Wildman–Crippen LogP) is 3.21. The summed E-state index contributed by atoms with van der Waals surface area (Å²) in [6.45, 7) is 0.679. The van der Waals surface area contributed by atoms with E-state index in [9.17, 15) is 9.18 Å². The summed E-state index contributed by atoms with van der Waals surface area (Å²) in [7, 11) is 1.50. The molecule has 0 aliphatic carbocycles. The van der Waals surface area contributed by atoms with Gasteiger partial charge >= 0.3 is 0 Å². The van der Waals surface area contributed by atoms with Crippen LogP contribution in [-0.2, 0) is 0 Å². The van der Waals surface area contributed by atoms with Gasteiger partial charge in [0, 0.05) is 12.7 Å². The van der Waals surface area contributed by atoms with E-state index in [1.165, 1.54) is 19.2 Å². The lowest BCUT2D eigenvalue weighted by atomic mass is 10.0. The number of carbonyl (C=O) groups is 1. The van der Waals surface area contributed by atoms with E-state index in [4.69, 9.17) is 4.74 Å². The predicted molar refractivity (Wildman–Crippen MR) is 80.2 cm³/mol. The molecule has 0 radical (unpaired) electrons. The van der Waals surface area contributed by atoms with Crippen molar-refractivity contribution in [2.45, 2.75) is 18.9 Å². The Hall–Kier alpha value is -2.43. The standard InChI is InChI=1S/C17H17FN2O2/c1-22-16-14(4-2-10-19-16)17(21)20-11-3-5-15(20)12-6-8-13(18)9-7-12/h2,4,6-10,15H,3,5,11H2,1H3. The van der Waals surface area contributed by atoms with E-state index in [2.05, 4.69) is 4.98 Å². The quantitative estimate of drug-likeness (QED) is 0.874. The van der Waals surface area contributed by atoms with Crippen LogP contribution in [0.15, 0.2) is 42.6 Å². The molecule has 1 fully saturated rings. The summed E-state index contributed by atoms with van der Waals surface area (Å²) in [5.41, 5.74) is 1.41. The van der Waals surface area contributed by atoms with Gasteiger partial charge in [0.2, 0.25) is 5.88 Å². The zero-order valence-electron chi connectivity index (χ0n) is 12.3. The molecule has 5 heteroatoms. The third-order valence-corrected chi connectivity index (χ3v) is 3.96. The molecule has 2 heterocycles. The second-order valence-corrected chi connectivity index (χ2v) is 5.27. The third kappa shape index (κ3) is 2.66. The molecule has 4 nitrogen and oxygen atoms in total. The van der Waals surface area contributed by atoms with Crippen molar-refractivity contribution < 1.29 is 13.9 Å². The molecular formula is C17H17FN2O2. The van der Waals surface area contributed by atoms with Crippen LogP contribution in [0.1, 0.15) is 34.8 Å². The van der Waals surface area contributed by atoms with Gasteiger partial charge in [-0.25, -0.2) is 9.37 Å². The van der Waals surface area contributed by atoms with E-state index in [-0.39, 0.29) is 17.8 Å². The second-order valence-electron chi connectivity index (χ2n) is 5.27. The molecule has 0 N–H and O–H groups in total. The summed E-state index contributed by atoms with van der Waals surface area (Å²) in [6.07, 6.45) is 3.40. The minimum atomic E-state index is -0.270. The van der Waals surface area contributed by atoms with E-state index < -0.39 is 0 Å². The number of hydrogen-bond acceptors (Lipinski definition) is 3. The molecule has 114 valence electrons. The van der Waals surface area contributed by atoms with Gasteiger partial charge in [-0.3, -0.25) is 4.79 Å². The van der Waals surface area contributed by atoms with Crippen LogP contribution < -0.4 is 4.74 Å². The zero-order valence-corrected chi connectivity index (χ0v) is 12.3. The Morgan fingerprint density at radius 2 is 2.09 bits per heavy atom. The lowest BCUT2D eigenvalue weighted by Crippen LogP contribution is -2.31. The van der Waals surface area contributed by atoms with Crippen LogP contribution in [0.4, 0.5) is 4.39 Å². The number of ether oxygens (including phenoxy) is 1. The molecule has 22 heavy (non-hydrogen) atoms. The van der Waals surface area contributed by atoms with E-state index in [1.54, 1.807) is 30.5 Å². The maximum absolute atomic E-state index is 13.1. The fourth-order valence-corrected chi connectivity index (χ4v) is 2.91. The molecular weight excluding hydrogens is 283 g/mol. The SMILES string of the molecule is COc1ncccc1C(=O)N1CCCC1c1ccc(F)cc1. The fraction of sp³-hybridized carbons (Fsp3) is 0.294. The molecule has 2 aromatic rings. The molecule has 1 unspecified atom stereocenters. The van der Waals surface area contributed by atoms with Crippen molar-refractivity contribution in [1.82, 2.24) is 9.88 Å². The minimum absolute atomic E-state index is 0.0296. The largest absolute Gasteiger partial charge is 0.480 e. The molecule has 1 aromatic heterocycles. The highest BCUT2D eigenvalue weighted by Crippen LogP contribution is 2.34. The van der Waals surface area contributed by atoms with Gasteiger partial charge < -0.3 is 9.64 Å². The first-order chi connectivity index (χ1) is 10.7. The van der Waals surface area contributed by atoms with Crippen molar-refractivity contribution >= 4 is 5.91 Å². The van der Waals surface area contributed by atoms with Crippen LogP contribution in [0.5, 0.6) is 5.88 Å². The zero-order chi connectivity index (χ0) is 15.5. The number of hydrogen-bond donors (Lipinski definition) is 0. The van der Waals surface area contributed by atoms with Crippen molar-refractivity contribution in [2.75, 3.05) is 13.7 Å². The van der Waals surface area contributed by atoms with E-state index in [0.29, 0.717) is 18.0 Å². The van der Waals surface area contributed by atoms with Crippen molar-refractivity contribution in [3.8, 4) is 5.88 Å². The topological polar surface area (TPSA) is 42.4 Å². The van der Waals surface area contributed by atoms with Gasteiger partial charge in [0.25, 0.3) is 5.91 Å². The third-order valence-electron chi connectivity index (χ3n) is 3.96. The van der Waals surface area contributed by atoms with Crippen LogP contribution in [0, 0.1) is 5.82 Å². The van der Waals surface area contributed by atoms with Gasteiger partial charge in [-0.1, -0.05) is 12.1 Å². The highest BCUT2D eigenvalue weighted by molar-refractivity contribution is 5.96. The molecule has 0 spiro atoms. The van der Waals surface area contributed by atoms with Gasteiger partial charge in [-0.05, 0) is 42.7 Å². The van der Waals surface area contributed by atoms with Crippen molar-refractivity contribution in [1.29, 1.82) is 0 Å². The van der Waals surface area contributed by atoms with Crippen LogP contribution in [0.2, 0.25) is 0 Å². The Morgan fingerprint density at radius 3 is 2.82 bits per heavy atom. The number of methoxy groups -OCH3 is 1. The number of likely N-dealkylation sites (tertiary alicyclic amines) is 1. The Kier molecular flexibility index (Phi) is 4.04. The van der Waals surface area contributed by atoms with Crippen LogP contribution in [0.25, 0.3) is 0 Å². The van der Waals surface area contributed by atoms with Gasteiger partial charge in [0.1, 0.15) is 11.4 Å². The summed E-state index contributed by atoms with van der Waals surface area (Å²) < 4.78 is 18.3. The summed E-state index contributed by atoms with van der Waals surface area (Å²) >= 11 is 0. The first-order valence-corrected chi connectivity index (χ1v) is 7.26. The maximum atomic E-state index is 13.1. The number of pyridine rings is 1. The number of rotatable bonds is 3. The highest BCUT2D eigenvalue weighted by Gasteiger charge is 2.32. The number of aromatic nitrogens is 1. The molecule has 1 saturated heterocycles. The van der Waals surface area contributed by atoms with E-state index in [1.807, 2.05) is 4.90 Å². The first kappa shape index (κ1) is 14.5. The Morgan fingerprint density at radius 1 is 1.32 bits per heavy atom. The number of halogens is 1. The Labute approximate surface area is 128 Å². The smallest absolute Gasteiger partial charge is 0.259 e. The second kappa shape index (κ2) is 6.13. The summed E-state index contributed by atoms with van der Waals surface area (Å²) in [5.74, 6) is -0.0393. The molecule has 1 amide bonds. The van der Waals surface area contributed by atoms with Gasteiger partial charge in [0.15, 0.2) is 0 Å². The average Bonchev–Trinajstić information content (AvgIpc) is 3.04. The molecule has 0 bridgehead atoms. The van der Waals surface area contributed by atoms with Crippen LogP contribution in [0.3, 0.4) is 0 Å². The molecule has 0 saturated carbocycles. The number of benzene rings is 1. The summed E-state index contributed by atoms with van der Waals surface area (Å²) in [5, 5.41) is 0. The molecule has 1 aliphatic heterocycles. The van der Waals surface area contributed by atoms with E-state index >= 15 is 0 Å².